The summed E-state index contributed by atoms with van der Waals surface area (Å²) in [5.41, 5.74) is 0. The predicted molar refractivity (Wildman–Crippen MR) is 45.2 cm³/mol. The Morgan fingerprint density at radius 3 is 2.44 bits per heavy atom. The Kier molecular flexibility index (Phi) is 6.09. The minimum absolute atomic E-state index is 1.14. The van der Waals surface area contributed by atoms with Gasteiger partial charge in [0.2, 0.25) is 0 Å². The quantitative estimate of drug-likeness (QED) is 0.587. The molecule has 0 saturated carbocycles. The van der Waals surface area contributed by atoms with Crippen molar-refractivity contribution in [1.29, 1.82) is 0 Å². The second kappa shape index (κ2) is 6.11. The molecule has 0 bridgehead atoms. The normalized spacial score (nSPS) is 7.89. The van der Waals surface area contributed by atoms with E-state index in [1.807, 2.05) is 31.7 Å². The maximum atomic E-state index is 4.02. The van der Waals surface area contributed by atoms with Crippen LogP contribution >= 0.6 is 23.1 Å². The third kappa shape index (κ3) is 3.54. The fourth-order valence-corrected chi connectivity index (χ4v) is 1.39. The second-order valence-electron chi connectivity index (χ2n) is 1.00. The van der Waals surface area contributed by atoms with Gasteiger partial charge in [-0.25, -0.2) is 4.98 Å². The van der Waals surface area contributed by atoms with E-state index in [0.29, 0.717) is 0 Å². The van der Waals surface area contributed by atoms with Gasteiger partial charge in [0.15, 0.2) is 0 Å². The standard InChI is InChI=1S/C4H5NS2.C2H6/c1-6-4-5-2-3-7-4;1-2/h2-3H,1H3;1-2H3. The van der Waals surface area contributed by atoms with E-state index in [1.54, 1.807) is 23.1 Å². The molecule has 0 aliphatic carbocycles. The van der Waals surface area contributed by atoms with Gasteiger partial charge in [-0.3, -0.25) is 0 Å². The highest BCUT2D eigenvalue weighted by Crippen LogP contribution is 2.15. The molecular weight excluding hydrogens is 150 g/mol. The summed E-state index contributed by atoms with van der Waals surface area (Å²) in [6.07, 6.45) is 3.84. The van der Waals surface area contributed by atoms with Gasteiger partial charge in [0.05, 0.1) is 0 Å². The van der Waals surface area contributed by atoms with Gasteiger partial charge in [0.1, 0.15) is 4.34 Å². The Morgan fingerprint density at radius 2 is 2.22 bits per heavy atom. The van der Waals surface area contributed by atoms with Gasteiger partial charge in [0.25, 0.3) is 0 Å². The van der Waals surface area contributed by atoms with Crippen molar-refractivity contribution in [2.24, 2.45) is 0 Å². The van der Waals surface area contributed by atoms with Gasteiger partial charge in [-0.1, -0.05) is 25.6 Å². The summed E-state index contributed by atoms with van der Waals surface area (Å²) < 4.78 is 1.14. The minimum Gasteiger partial charge on any atom is -0.238 e. The van der Waals surface area contributed by atoms with Crippen LogP contribution in [0.3, 0.4) is 0 Å². The van der Waals surface area contributed by atoms with Gasteiger partial charge in [-0.15, -0.1) is 11.3 Å². The van der Waals surface area contributed by atoms with Gasteiger partial charge in [0, 0.05) is 11.6 Å². The van der Waals surface area contributed by atoms with Crippen molar-refractivity contribution < 1.29 is 0 Å². The molecule has 0 aromatic carbocycles. The van der Waals surface area contributed by atoms with Crippen molar-refractivity contribution in [3.63, 3.8) is 0 Å². The maximum absolute atomic E-state index is 4.02. The molecule has 0 aliphatic rings. The lowest BCUT2D eigenvalue weighted by Crippen LogP contribution is -1.57. The molecule has 0 saturated heterocycles. The van der Waals surface area contributed by atoms with E-state index in [0.717, 1.165) is 4.34 Å². The highest BCUT2D eigenvalue weighted by atomic mass is 32.2. The first-order valence-electron chi connectivity index (χ1n) is 2.87. The van der Waals surface area contributed by atoms with E-state index in [2.05, 4.69) is 4.98 Å². The van der Waals surface area contributed by atoms with Gasteiger partial charge >= 0.3 is 0 Å². The molecule has 1 heterocycles. The molecule has 1 aromatic rings. The molecule has 0 fully saturated rings. The number of rotatable bonds is 1. The molecule has 1 rings (SSSR count). The topological polar surface area (TPSA) is 12.9 Å². The molecule has 3 heteroatoms. The number of nitrogens with zero attached hydrogens (tertiary/aromatic N) is 1. The van der Waals surface area contributed by atoms with Crippen molar-refractivity contribution in [2.45, 2.75) is 18.2 Å². The third-order valence-electron chi connectivity index (χ3n) is 0.584. The molecule has 0 N–H and O–H groups in total. The van der Waals surface area contributed by atoms with Crippen LogP contribution < -0.4 is 0 Å². The molecule has 0 spiro atoms. The smallest absolute Gasteiger partial charge is 0.149 e. The van der Waals surface area contributed by atoms with Crippen molar-refractivity contribution >= 4 is 23.1 Å². The van der Waals surface area contributed by atoms with E-state index in [9.17, 15) is 0 Å². The first kappa shape index (κ1) is 8.98. The Bertz CT molecular complexity index is 126. The molecule has 0 atom stereocenters. The zero-order valence-corrected chi connectivity index (χ0v) is 7.55. The fourth-order valence-electron chi connectivity index (χ4n) is 0.311. The van der Waals surface area contributed by atoms with Crippen LogP contribution in [-0.4, -0.2) is 11.2 Å². The van der Waals surface area contributed by atoms with E-state index >= 15 is 0 Å². The van der Waals surface area contributed by atoms with E-state index < -0.39 is 0 Å². The van der Waals surface area contributed by atoms with Crippen LogP contribution in [0.5, 0.6) is 0 Å². The Hall–Kier alpha value is -0.0200. The van der Waals surface area contributed by atoms with Gasteiger partial charge < -0.3 is 0 Å². The lowest BCUT2D eigenvalue weighted by atomic mass is 11.0. The van der Waals surface area contributed by atoms with Crippen LogP contribution in [0, 0.1) is 0 Å². The zero-order valence-electron chi connectivity index (χ0n) is 5.92. The van der Waals surface area contributed by atoms with E-state index in [1.165, 1.54) is 0 Å². The Labute approximate surface area is 64.5 Å². The van der Waals surface area contributed by atoms with E-state index in [-0.39, 0.29) is 0 Å². The van der Waals surface area contributed by atoms with Crippen LogP contribution in [0.2, 0.25) is 0 Å². The number of thiazole rings is 1. The summed E-state index contributed by atoms with van der Waals surface area (Å²) in [6, 6.07) is 0. The maximum Gasteiger partial charge on any atom is 0.149 e. The Morgan fingerprint density at radius 1 is 1.56 bits per heavy atom. The summed E-state index contributed by atoms with van der Waals surface area (Å²) in [5.74, 6) is 0. The molecule has 0 radical (unpaired) electrons. The molecule has 52 valence electrons. The average molecular weight is 161 g/mol. The summed E-state index contributed by atoms with van der Waals surface area (Å²) in [6.45, 7) is 4.00. The van der Waals surface area contributed by atoms with Crippen LogP contribution in [0.15, 0.2) is 15.9 Å². The summed E-state index contributed by atoms with van der Waals surface area (Å²) in [5, 5.41) is 1.98. The minimum atomic E-state index is 1.14. The summed E-state index contributed by atoms with van der Waals surface area (Å²) >= 11 is 3.36. The first-order chi connectivity index (χ1) is 4.43. The average Bonchev–Trinajstić information content (AvgIpc) is 2.43. The molecular formula is C6H11NS2. The SMILES string of the molecule is CC.CSc1nccs1. The molecule has 0 aliphatic heterocycles. The van der Waals surface area contributed by atoms with Crippen LogP contribution in [0.25, 0.3) is 0 Å². The Balaban J connectivity index is 0.000000291. The molecule has 9 heavy (non-hydrogen) atoms. The number of aromatic nitrogens is 1. The lowest BCUT2D eigenvalue weighted by molar-refractivity contribution is 1.26. The largest absolute Gasteiger partial charge is 0.238 e. The van der Waals surface area contributed by atoms with E-state index in [4.69, 9.17) is 0 Å². The van der Waals surface area contributed by atoms with Gasteiger partial charge in [-0.05, 0) is 6.26 Å². The molecule has 0 amide bonds. The molecule has 1 aromatic heterocycles. The lowest BCUT2D eigenvalue weighted by Gasteiger charge is -1.76. The zero-order chi connectivity index (χ0) is 7.11. The third-order valence-corrected chi connectivity index (χ3v) is 2.39. The van der Waals surface area contributed by atoms with Crippen LogP contribution in [0.1, 0.15) is 13.8 Å². The predicted octanol–water partition coefficient (Wildman–Crippen LogP) is 2.89. The summed E-state index contributed by atoms with van der Waals surface area (Å²) in [4.78, 5) is 4.02. The van der Waals surface area contributed by atoms with Crippen molar-refractivity contribution in [1.82, 2.24) is 4.98 Å². The highest BCUT2D eigenvalue weighted by molar-refractivity contribution is 8.00. The molecule has 0 unspecified atom stereocenters. The van der Waals surface area contributed by atoms with Gasteiger partial charge in [-0.2, -0.15) is 0 Å². The second-order valence-corrected chi connectivity index (χ2v) is 2.95. The monoisotopic (exact) mass is 161 g/mol. The van der Waals surface area contributed by atoms with Crippen molar-refractivity contribution in [2.75, 3.05) is 6.26 Å². The van der Waals surface area contributed by atoms with Crippen molar-refractivity contribution in [3.8, 4) is 0 Å². The highest BCUT2D eigenvalue weighted by Gasteiger charge is 1.85. The number of thioether (sulfide) groups is 1. The van der Waals surface area contributed by atoms with Crippen molar-refractivity contribution in [3.05, 3.63) is 11.6 Å². The number of hydrogen-bond acceptors (Lipinski definition) is 3. The van der Waals surface area contributed by atoms with Crippen LogP contribution in [-0.2, 0) is 0 Å². The first-order valence-corrected chi connectivity index (χ1v) is 4.97. The fraction of sp³-hybridized carbons (Fsp3) is 0.500. The van der Waals surface area contributed by atoms with Crippen LogP contribution in [0.4, 0.5) is 0 Å². The summed E-state index contributed by atoms with van der Waals surface area (Å²) in [7, 11) is 0. The number of hydrogen-bond donors (Lipinski definition) is 0. The molecule has 1 nitrogen and oxygen atoms in total.